The number of aryl methyl sites for hydroxylation is 1. The van der Waals surface area contributed by atoms with Crippen molar-refractivity contribution < 1.29 is 4.39 Å². The maximum Gasteiger partial charge on any atom is 0.131 e. The Kier molecular flexibility index (Phi) is 3.33. The van der Waals surface area contributed by atoms with Crippen molar-refractivity contribution in [2.24, 2.45) is 0 Å². The average Bonchev–Trinajstić information content (AvgIpc) is 2.79. The molecule has 0 unspecified atom stereocenters. The predicted molar refractivity (Wildman–Crippen MR) is 73.6 cm³/mol. The summed E-state index contributed by atoms with van der Waals surface area (Å²) in [4.78, 5) is 2.34. The summed E-state index contributed by atoms with van der Waals surface area (Å²) in [6.45, 7) is 5.87. The predicted octanol–water partition coefficient (Wildman–Crippen LogP) is 3.10. The van der Waals surface area contributed by atoms with Crippen LogP contribution < -0.4 is 0 Å². The summed E-state index contributed by atoms with van der Waals surface area (Å²) in [6, 6.07) is 5.35. The lowest BCUT2D eigenvalue weighted by Gasteiger charge is -2.34. The zero-order chi connectivity index (χ0) is 13.4. The van der Waals surface area contributed by atoms with Crippen LogP contribution in [-0.4, -0.2) is 21.6 Å². The Hall–Kier alpha value is -1.33. The molecule has 1 aromatic heterocycles. The van der Waals surface area contributed by atoms with E-state index in [1.54, 1.807) is 23.5 Å². The number of aromatic nitrogens is 2. The van der Waals surface area contributed by atoms with Crippen molar-refractivity contribution in [3.63, 3.8) is 0 Å². The maximum absolute atomic E-state index is 13.4. The second kappa shape index (κ2) is 4.98. The van der Waals surface area contributed by atoms with Crippen LogP contribution in [0.5, 0.6) is 0 Å². The second-order valence-corrected chi connectivity index (χ2v) is 6.22. The van der Waals surface area contributed by atoms with Crippen LogP contribution in [0.1, 0.15) is 34.1 Å². The van der Waals surface area contributed by atoms with Crippen LogP contribution in [0.4, 0.5) is 4.39 Å². The monoisotopic (exact) mass is 277 g/mol. The Bertz CT molecular complexity index is 596. The summed E-state index contributed by atoms with van der Waals surface area (Å²) in [5.74, 6) is -0.154. The summed E-state index contributed by atoms with van der Waals surface area (Å²) in [5, 5.41) is 10.2. The molecule has 1 aromatic carbocycles. The highest BCUT2D eigenvalue weighted by Gasteiger charge is 2.24. The number of hydrogen-bond donors (Lipinski definition) is 0. The normalized spacial score (nSPS) is 19.4. The summed E-state index contributed by atoms with van der Waals surface area (Å²) in [7, 11) is 0. The van der Waals surface area contributed by atoms with Gasteiger partial charge in [0.25, 0.3) is 0 Å². The molecule has 0 spiro atoms. The molecule has 0 bridgehead atoms. The van der Waals surface area contributed by atoms with Gasteiger partial charge < -0.3 is 0 Å². The molecule has 5 heteroatoms. The van der Waals surface area contributed by atoms with Gasteiger partial charge in [-0.3, -0.25) is 4.90 Å². The molecule has 0 N–H and O–H groups in total. The number of benzene rings is 1. The first-order valence-corrected chi connectivity index (χ1v) is 7.26. The zero-order valence-electron chi connectivity index (χ0n) is 11.1. The van der Waals surface area contributed by atoms with E-state index in [2.05, 4.69) is 22.0 Å². The number of nitrogens with zero attached hydrogens (tertiary/aromatic N) is 3. The van der Waals surface area contributed by atoms with Crippen LogP contribution in [0.2, 0.25) is 0 Å². The van der Waals surface area contributed by atoms with E-state index in [9.17, 15) is 4.39 Å². The van der Waals surface area contributed by atoms with E-state index in [4.69, 9.17) is 0 Å². The highest BCUT2D eigenvalue weighted by atomic mass is 32.1. The minimum atomic E-state index is -0.154. The summed E-state index contributed by atoms with van der Waals surface area (Å²) < 4.78 is 13.4. The fourth-order valence-corrected chi connectivity index (χ4v) is 3.36. The van der Waals surface area contributed by atoms with Gasteiger partial charge in [-0.2, -0.15) is 0 Å². The minimum Gasteiger partial charge on any atom is -0.290 e. The molecule has 19 heavy (non-hydrogen) atoms. The van der Waals surface area contributed by atoms with Crippen LogP contribution >= 0.6 is 11.3 Å². The molecule has 100 valence electrons. The van der Waals surface area contributed by atoms with Crippen LogP contribution in [0.25, 0.3) is 0 Å². The third kappa shape index (κ3) is 2.53. The summed E-state index contributed by atoms with van der Waals surface area (Å²) in [6.07, 6.45) is 0.970. The fraction of sp³-hybridized carbons (Fsp3) is 0.429. The Labute approximate surface area is 116 Å². The van der Waals surface area contributed by atoms with Crippen molar-refractivity contribution in [3.8, 4) is 0 Å². The standard InChI is InChI=1S/C14H16FN3S/c1-9-13-7-12(15)4-3-11(13)5-6-18(9)8-14-17-16-10(2)19-14/h3-4,7,9H,5-6,8H2,1-2H3/t9-/m1/s1. The van der Waals surface area contributed by atoms with Crippen LogP contribution in [0.15, 0.2) is 18.2 Å². The SMILES string of the molecule is Cc1nnc(CN2CCc3ccc(F)cc3[C@H]2C)s1. The lowest BCUT2D eigenvalue weighted by atomic mass is 9.93. The molecule has 2 aromatic rings. The molecule has 0 aliphatic carbocycles. The van der Waals surface area contributed by atoms with Crippen molar-refractivity contribution in [1.29, 1.82) is 0 Å². The van der Waals surface area contributed by atoms with Gasteiger partial charge in [0.15, 0.2) is 0 Å². The van der Waals surface area contributed by atoms with E-state index in [0.29, 0.717) is 0 Å². The molecule has 0 fully saturated rings. The van der Waals surface area contributed by atoms with Gasteiger partial charge in [0.1, 0.15) is 15.8 Å². The van der Waals surface area contributed by atoms with Crippen molar-refractivity contribution in [1.82, 2.24) is 15.1 Å². The van der Waals surface area contributed by atoms with Gasteiger partial charge in [-0.1, -0.05) is 6.07 Å². The largest absolute Gasteiger partial charge is 0.290 e. The molecule has 3 rings (SSSR count). The van der Waals surface area contributed by atoms with E-state index in [1.807, 2.05) is 13.0 Å². The fourth-order valence-electron chi connectivity index (χ4n) is 2.63. The molecule has 1 atom stereocenters. The smallest absolute Gasteiger partial charge is 0.131 e. The number of rotatable bonds is 2. The molecular weight excluding hydrogens is 261 g/mol. The Morgan fingerprint density at radius 1 is 1.42 bits per heavy atom. The highest BCUT2D eigenvalue weighted by Crippen LogP contribution is 2.31. The molecule has 1 aliphatic rings. The van der Waals surface area contributed by atoms with Gasteiger partial charge in [-0.05, 0) is 43.5 Å². The number of halogens is 1. The molecule has 1 aliphatic heterocycles. The van der Waals surface area contributed by atoms with Crippen LogP contribution in [0, 0.1) is 12.7 Å². The molecule has 2 heterocycles. The first-order chi connectivity index (χ1) is 9.13. The average molecular weight is 277 g/mol. The van der Waals surface area contributed by atoms with Gasteiger partial charge in [-0.15, -0.1) is 21.5 Å². The van der Waals surface area contributed by atoms with E-state index in [1.165, 1.54) is 5.56 Å². The lowest BCUT2D eigenvalue weighted by Crippen LogP contribution is -2.33. The minimum absolute atomic E-state index is 0.154. The summed E-state index contributed by atoms with van der Waals surface area (Å²) >= 11 is 1.63. The Morgan fingerprint density at radius 3 is 3.00 bits per heavy atom. The lowest BCUT2D eigenvalue weighted by molar-refractivity contribution is 0.188. The van der Waals surface area contributed by atoms with Gasteiger partial charge in [-0.25, -0.2) is 4.39 Å². The molecule has 3 nitrogen and oxygen atoms in total. The molecule has 0 saturated carbocycles. The van der Waals surface area contributed by atoms with Crippen molar-refractivity contribution in [3.05, 3.63) is 45.2 Å². The zero-order valence-corrected chi connectivity index (χ0v) is 11.9. The van der Waals surface area contributed by atoms with E-state index >= 15 is 0 Å². The van der Waals surface area contributed by atoms with Crippen molar-refractivity contribution in [2.45, 2.75) is 32.9 Å². The highest BCUT2D eigenvalue weighted by molar-refractivity contribution is 7.11. The number of fused-ring (bicyclic) bond motifs is 1. The van der Waals surface area contributed by atoms with Gasteiger partial charge in [0, 0.05) is 12.6 Å². The Morgan fingerprint density at radius 2 is 2.26 bits per heavy atom. The maximum atomic E-state index is 13.4. The van der Waals surface area contributed by atoms with E-state index in [0.717, 1.165) is 35.1 Å². The third-order valence-corrected chi connectivity index (χ3v) is 4.50. The Balaban J connectivity index is 1.82. The van der Waals surface area contributed by atoms with Crippen LogP contribution in [-0.2, 0) is 13.0 Å². The second-order valence-electron chi connectivity index (χ2n) is 4.95. The quantitative estimate of drug-likeness (QED) is 0.844. The molecule has 0 radical (unpaired) electrons. The third-order valence-electron chi connectivity index (χ3n) is 3.68. The van der Waals surface area contributed by atoms with Crippen molar-refractivity contribution in [2.75, 3.05) is 6.54 Å². The summed E-state index contributed by atoms with van der Waals surface area (Å²) in [5.41, 5.74) is 2.37. The van der Waals surface area contributed by atoms with Gasteiger partial charge >= 0.3 is 0 Å². The van der Waals surface area contributed by atoms with E-state index < -0.39 is 0 Å². The topological polar surface area (TPSA) is 29.0 Å². The van der Waals surface area contributed by atoms with Crippen molar-refractivity contribution >= 4 is 11.3 Å². The molecule has 0 amide bonds. The first-order valence-electron chi connectivity index (χ1n) is 6.45. The van der Waals surface area contributed by atoms with Crippen LogP contribution in [0.3, 0.4) is 0 Å². The van der Waals surface area contributed by atoms with E-state index in [-0.39, 0.29) is 11.9 Å². The number of hydrogen-bond acceptors (Lipinski definition) is 4. The van der Waals surface area contributed by atoms with Gasteiger partial charge in [0.05, 0.1) is 6.54 Å². The molecular formula is C14H16FN3S. The first kappa shape index (κ1) is 12.7. The molecule has 0 saturated heterocycles. The van der Waals surface area contributed by atoms with Gasteiger partial charge in [0.2, 0.25) is 0 Å².